The molecule has 118 valence electrons. The number of aromatic nitrogens is 1. The quantitative estimate of drug-likeness (QED) is 0.900. The lowest BCUT2D eigenvalue weighted by molar-refractivity contribution is 0.0636. The second kappa shape index (κ2) is 5.92. The van der Waals surface area contributed by atoms with Gasteiger partial charge in [-0.3, -0.25) is 5.32 Å². The van der Waals surface area contributed by atoms with E-state index in [2.05, 4.69) is 10.3 Å². The van der Waals surface area contributed by atoms with E-state index in [-0.39, 0.29) is 17.4 Å². The van der Waals surface area contributed by atoms with Crippen molar-refractivity contribution in [2.45, 2.75) is 45.1 Å². The average Bonchev–Trinajstić information content (AvgIpc) is 2.74. The van der Waals surface area contributed by atoms with Crippen LogP contribution in [0.3, 0.4) is 0 Å². The molecule has 0 atom stereocenters. The third-order valence-corrected chi connectivity index (χ3v) is 5.84. The summed E-state index contributed by atoms with van der Waals surface area (Å²) in [6.07, 6.45) is 2.28. The summed E-state index contributed by atoms with van der Waals surface area (Å²) in [5.41, 5.74) is -0.546. The van der Waals surface area contributed by atoms with E-state index in [0.29, 0.717) is 17.8 Å². The Hall–Kier alpha value is -1.15. The minimum Gasteiger partial charge on any atom is -0.444 e. The molecule has 0 unspecified atom stereocenters. The Labute approximate surface area is 128 Å². The zero-order valence-corrected chi connectivity index (χ0v) is 14.0. The molecule has 1 amide bonds. The molecule has 8 heteroatoms. The molecule has 0 saturated carbocycles. The highest BCUT2D eigenvalue weighted by Gasteiger charge is 2.27. The fraction of sp³-hybridized carbons (Fsp3) is 0.692. The van der Waals surface area contributed by atoms with Crippen molar-refractivity contribution >= 4 is 32.3 Å². The Kier molecular flexibility index (Phi) is 4.57. The molecule has 0 aliphatic carbocycles. The van der Waals surface area contributed by atoms with E-state index in [1.165, 1.54) is 11.3 Å². The lowest BCUT2D eigenvalue weighted by Gasteiger charge is -2.20. The van der Waals surface area contributed by atoms with E-state index in [1.807, 2.05) is 0 Å². The summed E-state index contributed by atoms with van der Waals surface area (Å²) >= 11 is 1.38. The van der Waals surface area contributed by atoms with Crippen LogP contribution in [0.2, 0.25) is 0 Å². The predicted molar refractivity (Wildman–Crippen MR) is 82.6 cm³/mol. The molecule has 21 heavy (non-hydrogen) atoms. The van der Waals surface area contributed by atoms with E-state index >= 15 is 0 Å². The maximum atomic E-state index is 11.7. The minimum atomic E-state index is -2.87. The highest BCUT2D eigenvalue weighted by Crippen LogP contribution is 2.33. The summed E-state index contributed by atoms with van der Waals surface area (Å²) < 4.78 is 28.0. The number of nitrogens with one attached hydrogen (secondary N) is 1. The van der Waals surface area contributed by atoms with Crippen molar-refractivity contribution in [3.8, 4) is 0 Å². The Bertz CT molecular complexity index is 602. The van der Waals surface area contributed by atoms with Gasteiger partial charge in [0.25, 0.3) is 0 Å². The number of nitrogens with zero attached hydrogens (tertiary/aromatic N) is 1. The number of thiazole rings is 1. The van der Waals surface area contributed by atoms with Gasteiger partial charge in [0.2, 0.25) is 0 Å². The van der Waals surface area contributed by atoms with Gasteiger partial charge in [-0.1, -0.05) is 0 Å². The molecule has 1 N–H and O–H groups in total. The molecule has 1 fully saturated rings. The van der Waals surface area contributed by atoms with Crippen molar-refractivity contribution in [3.63, 3.8) is 0 Å². The normalized spacial score (nSPS) is 19.2. The van der Waals surface area contributed by atoms with E-state index in [9.17, 15) is 13.2 Å². The fourth-order valence-corrected chi connectivity index (χ4v) is 4.54. The molecule has 1 saturated heterocycles. The molecule has 0 bridgehead atoms. The van der Waals surface area contributed by atoms with Gasteiger partial charge < -0.3 is 4.74 Å². The summed E-state index contributed by atoms with van der Waals surface area (Å²) in [6.45, 7) is 5.40. The zero-order chi connectivity index (χ0) is 15.7. The number of hydrogen-bond donors (Lipinski definition) is 1. The fourth-order valence-electron chi connectivity index (χ4n) is 2.08. The van der Waals surface area contributed by atoms with Gasteiger partial charge in [-0.2, -0.15) is 0 Å². The van der Waals surface area contributed by atoms with Gasteiger partial charge in [0.1, 0.15) is 20.4 Å². The first-order chi connectivity index (χ1) is 9.65. The molecule has 0 aromatic carbocycles. The van der Waals surface area contributed by atoms with E-state index in [1.54, 1.807) is 27.0 Å². The third-order valence-electron chi connectivity index (χ3n) is 3.05. The lowest BCUT2D eigenvalue weighted by atomic mass is 10.0. The van der Waals surface area contributed by atoms with Crippen LogP contribution in [0.1, 0.15) is 44.5 Å². The summed E-state index contributed by atoms with van der Waals surface area (Å²) in [5.74, 6) is 0.589. The van der Waals surface area contributed by atoms with Gasteiger partial charge in [0.05, 0.1) is 22.7 Å². The zero-order valence-electron chi connectivity index (χ0n) is 12.4. The second-order valence-corrected chi connectivity index (χ2v) is 9.48. The molecule has 2 heterocycles. The first-order valence-corrected chi connectivity index (χ1v) is 9.44. The highest BCUT2D eigenvalue weighted by molar-refractivity contribution is 7.91. The molecule has 1 aromatic heterocycles. The van der Waals surface area contributed by atoms with Gasteiger partial charge in [0, 0.05) is 5.92 Å². The summed E-state index contributed by atoms with van der Waals surface area (Å²) in [4.78, 5) is 16.0. The van der Waals surface area contributed by atoms with Crippen molar-refractivity contribution in [1.82, 2.24) is 4.98 Å². The van der Waals surface area contributed by atoms with Crippen LogP contribution in [0.25, 0.3) is 0 Å². The van der Waals surface area contributed by atoms with Crippen LogP contribution in [0, 0.1) is 0 Å². The van der Waals surface area contributed by atoms with Crippen molar-refractivity contribution < 1.29 is 17.9 Å². The van der Waals surface area contributed by atoms with Gasteiger partial charge >= 0.3 is 6.09 Å². The first kappa shape index (κ1) is 16.2. The minimum absolute atomic E-state index is 0.160. The number of anilines is 1. The van der Waals surface area contributed by atoms with Crippen molar-refractivity contribution in [3.05, 3.63) is 11.2 Å². The van der Waals surface area contributed by atoms with Crippen LogP contribution in [0.4, 0.5) is 9.80 Å². The maximum Gasteiger partial charge on any atom is 0.412 e. The van der Waals surface area contributed by atoms with Crippen LogP contribution in [-0.2, 0) is 14.6 Å². The summed E-state index contributed by atoms with van der Waals surface area (Å²) in [5, 5.41) is 4.14. The molecule has 1 aliphatic heterocycles. The third kappa shape index (κ3) is 4.96. The maximum absolute atomic E-state index is 11.7. The van der Waals surface area contributed by atoms with Gasteiger partial charge in [-0.25, -0.2) is 18.2 Å². The highest BCUT2D eigenvalue weighted by atomic mass is 32.2. The summed E-state index contributed by atoms with van der Waals surface area (Å²) in [7, 11) is -2.87. The van der Waals surface area contributed by atoms with E-state index < -0.39 is 21.5 Å². The Morgan fingerprint density at radius 1 is 1.38 bits per heavy atom. The van der Waals surface area contributed by atoms with Crippen LogP contribution < -0.4 is 5.32 Å². The first-order valence-electron chi connectivity index (χ1n) is 6.81. The predicted octanol–water partition coefficient (Wildman–Crippen LogP) is 2.78. The average molecular weight is 332 g/mol. The monoisotopic (exact) mass is 332 g/mol. The number of hydrogen-bond acceptors (Lipinski definition) is 6. The van der Waals surface area contributed by atoms with Crippen molar-refractivity contribution in [2.24, 2.45) is 0 Å². The van der Waals surface area contributed by atoms with Crippen LogP contribution in [0.5, 0.6) is 0 Å². The number of ether oxygens (including phenoxy) is 1. The molecular weight excluding hydrogens is 312 g/mol. The van der Waals surface area contributed by atoms with Crippen LogP contribution in [0.15, 0.2) is 6.20 Å². The molecule has 1 aliphatic rings. The van der Waals surface area contributed by atoms with E-state index in [0.717, 1.165) is 5.01 Å². The number of rotatable bonds is 2. The molecular formula is C13H20N2O4S2. The number of carbonyl (C=O) groups excluding carboxylic acids is 1. The molecule has 0 radical (unpaired) electrons. The SMILES string of the molecule is CC(C)(C)OC(=O)Nc1cnc(C2CCS(=O)(=O)CC2)s1. The summed E-state index contributed by atoms with van der Waals surface area (Å²) in [6, 6.07) is 0. The molecule has 2 rings (SSSR count). The van der Waals surface area contributed by atoms with Gasteiger partial charge in [0.15, 0.2) is 0 Å². The van der Waals surface area contributed by atoms with Crippen molar-refractivity contribution in [1.29, 1.82) is 0 Å². The van der Waals surface area contributed by atoms with E-state index in [4.69, 9.17) is 4.74 Å². The molecule has 1 aromatic rings. The van der Waals surface area contributed by atoms with Crippen molar-refractivity contribution in [2.75, 3.05) is 16.8 Å². The standard InChI is InChI=1S/C13H20N2O4S2/c1-13(2,3)19-12(16)15-10-8-14-11(20-10)9-4-6-21(17,18)7-5-9/h8-9H,4-7H2,1-3H3,(H,15,16). The van der Waals surface area contributed by atoms with Gasteiger partial charge in [-0.05, 0) is 33.6 Å². The van der Waals surface area contributed by atoms with Crippen LogP contribution >= 0.6 is 11.3 Å². The topological polar surface area (TPSA) is 85.4 Å². The Morgan fingerprint density at radius 2 is 2.00 bits per heavy atom. The molecule has 6 nitrogen and oxygen atoms in total. The number of carbonyl (C=O) groups is 1. The Morgan fingerprint density at radius 3 is 2.57 bits per heavy atom. The second-order valence-electron chi connectivity index (χ2n) is 6.12. The molecule has 0 spiro atoms. The smallest absolute Gasteiger partial charge is 0.412 e. The largest absolute Gasteiger partial charge is 0.444 e. The lowest BCUT2D eigenvalue weighted by Crippen LogP contribution is -2.26. The Balaban J connectivity index is 1.94. The number of sulfone groups is 1. The van der Waals surface area contributed by atoms with Crippen LogP contribution in [-0.4, -0.2) is 36.6 Å². The van der Waals surface area contributed by atoms with Gasteiger partial charge in [-0.15, -0.1) is 11.3 Å². The number of amides is 1.